The Kier molecular flexibility index (Phi) is 4.93. The first-order chi connectivity index (χ1) is 11.3. The molecule has 0 saturated carbocycles. The lowest BCUT2D eigenvalue weighted by Gasteiger charge is -2.31. The highest BCUT2D eigenvalue weighted by molar-refractivity contribution is 6.00. The Balaban J connectivity index is 1.76. The van der Waals surface area contributed by atoms with Gasteiger partial charge >= 0.3 is 0 Å². The number of carbonyl (C=O) groups is 1. The summed E-state index contributed by atoms with van der Waals surface area (Å²) in [7, 11) is 0. The molecule has 0 unspecified atom stereocenters. The Morgan fingerprint density at radius 1 is 1.04 bits per heavy atom. The normalized spacial score (nSPS) is 15.4. The SMILES string of the molecule is O=C(c1ccccc1Nc1ccccc1)N1CCC(CO)CC1. The number of aliphatic hydroxyl groups is 1. The van der Waals surface area contributed by atoms with Crippen molar-refractivity contribution in [2.24, 2.45) is 5.92 Å². The fourth-order valence-electron chi connectivity index (χ4n) is 2.94. The molecule has 2 aromatic carbocycles. The van der Waals surface area contributed by atoms with Crippen molar-refractivity contribution in [1.29, 1.82) is 0 Å². The number of rotatable bonds is 4. The zero-order valence-corrected chi connectivity index (χ0v) is 13.1. The highest BCUT2D eigenvalue weighted by Crippen LogP contribution is 2.24. The second-order valence-electron chi connectivity index (χ2n) is 5.95. The van der Waals surface area contributed by atoms with E-state index in [0.29, 0.717) is 24.6 Å². The highest BCUT2D eigenvalue weighted by atomic mass is 16.3. The molecule has 23 heavy (non-hydrogen) atoms. The van der Waals surface area contributed by atoms with E-state index in [9.17, 15) is 9.90 Å². The minimum Gasteiger partial charge on any atom is -0.396 e. The average molecular weight is 310 g/mol. The Hall–Kier alpha value is -2.33. The number of nitrogens with zero attached hydrogens (tertiary/aromatic N) is 1. The average Bonchev–Trinajstić information content (AvgIpc) is 2.62. The van der Waals surface area contributed by atoms with Crippen LogP contribution in [0.3, 0.4) is 0 Å². The number of aliphatic hydroxyl groups excluding tert-OH is 1. The fourth-order valence-corrected chi connectivity index (χ4v) is 2.94. The lowest BCUT2D eigenvalue weighted by atomic mass is 9.97. The molecule has 3 rings (SSSR count). The van der Waals surface area contributed by atoms with Gasteiger partial charge in [0.1, 0.15) is 0 Å². The maximum atomic E-state index is 12.8. The number of benzene rings is 2. The number of amides is 1. The number of para-hydroxylation sites is 2. The van der Waals surface area contributed by atoms with Crippen LogP contribution in [0, 0.1) is 5.92 Å². The van der Waals surface area contributed by atoms with E-state index in [1.165, 1.54) is 0 Å². The van der Waals surface area contributed by atoms with Crippen molar-refractivity contribution in [3.63, 3.8) is 0 Å². The van der Waals surface area contributed by atoms with Crippen LogP contribution < -0.4 is 5.32 Å². The molecule has 0 radical (unpaired) electrons. The van der Waals surface area contributed by atoms with Crippen LogP contribution in [0.4, 0.5) is 11.4 Å². The molecule has 4 heteroatoms. The van der Waals surface area contributed by atoms with Crippen molar-refractivity contribution in [3.05, 3.63) is 60.2 Å². The molecule has 120 valence electrons. The molecule has 0 aliphatic carbocycles. The second-order valence-corrected chi connectivity index (χ2v) is 5.95. The van der Waals surface area contributed by atoms with Gasteiger partial charge in [-0.15, -0.1) is 0 Å². The molecule has 1 saturated heterocycles. The van der Waals surface area contributed by atoms with Crippen molar-refractivity contribution in [3.8, 4) is 0 Å². The van der Waals surface area contributed by atoms with Crippen molar-refractivity contribution < 1.29 is 9.90 Å². The summed E-state index contributed by atoms with van der Waals surface area (Å²) in [6, 6.07) is 17.5. The van der Waals surface area contributed by atoms with Gasteiger partial charge in [-0.1, -0.05) is 30.3 Å². The Morgan fingerprint density at radius 2 is 1.70 bits per heavy atom. The van der Waals surface area contributed by atoms with Gasteiger partial charge in [0.05, 0.1) is 11.3 Å². The van der Waals surface area contributed by atoms with Gasteiger partial charge in [0, 0.05) is 25.4 Å². The zero-order chi connectivity index (χ0) is 16.1. The first-order valence-electron chi connectivity index (χ1n) is 8.09. The lowest BCUT2D eigenvalue weighted by Crippen LogP contribution is -2.39. The molecule has 0 atom stereocenters. The smallest absolute Gasteiger partial charge is 0.255 e. The van der Waals surface area contributed by atoms with Gasteiger partial charge in [0.15, 0.2) is 0 Å². The van der Waals surface area contributed by atoms with E-state index in [2.05, 4.69) is 5.32 Å². The van der Waals surface area contributed by atoms with Crippen LogP contribution in [0.25, 0.3) is 0 Å². The van der Waals surface area contributed by atoms with Crippen LogP contribution in [0.5, 0.6) is 0 Å². The number of piperidine rings is 1. The molecule has 2 aromatic rings. The van der Waals surface area contributed by atoms with Crippen molar-refractivity contribution >= 4 is 17.3 Å². The van der Waals surface area contributed by atoms with Crippen LogP contribution in [0.2, 0.25) is 0 Å². The van der Waals surface area contributed by atoms with E-state index in [1.807, 2.05) is 59.5 Å². The minimum absolute atomic E-state index is 0.0559. The predicted octanol–water partition coefficient (Wildman–Crippen LogP) is 3.27. The molecule has 0 aromatic heterocycles. The number of hydrogen-bond donors (Lipinski definition) is 2. The molecule has 1 aliphatic heterocycles. The number of carbonyl (C=O) groups excluding carboxylic acids is 1. The fraction of sp³-hybridized carbons (Fsp3) is 0.316. The van der Waals surface area contributed by atoms with Crippen molar-refractivity contribution in [1.82, 2.24) is 4.90 Å². The van der Waals surface area contributed by atoms with Gasteiger partial charge in [-0.25, -0.2) is 0 Å². The van der Waals surface area contributed by atoms with Gasteiger partial charge in [0.25, 0.3) is 5.91 Å². The minimum atomic E-state index is 0.0559. The van der Waals surface area contributed by atoms with Crippen LogP contribution >= 0.6 is 0 Å². The Bertz CT molecular complexity index is 649. The van der Waals surface area contributed by atoms with E-state index in [0.717, 1.165) is 24.2 Å². The summed E-state index contributed by atoms with van der Waals surface area (Å²) in [5, 5.41) is 12.6. The third-order valence-electron chi connectivity index (χ3n) is 4.37. The number of nitrogens with one attached hydrogen (secondary N) is 1. The quantitative estimate of drug-likeness (QED) is 0.911. The van der Waals surface area contributed by atoms with Crippen LogP contribution in [-0.4, -0.2) is 35.6 Å². The first-order valence-corrected chi connectivity index (χ1v) is 8.09. The molecule has 1 aliphatic rings. The lowest BCUT2D eigenvalue weighted by molar-refractivity contribution is 0.0652. The number of anilines is 2. The zero-order valence-electron chi connectivity index (χ0n) is 13.1. The topological polar surface area (TPSA) is 52.6 Å². The summed E-state index contributed by atoms with van der Waals surface area (Å²) >= 11 is 0. The molecule has 4 nitrogen and oxygen atoms in total. The van der Waals surface area contributed by atoms with Gasteiger partial charge < -0.3 is 15.3 Å². The summed E-state index contributed by atoms with van der Waals surface area (Å²) in [5.41, 5.74) is 2.48. The molecule has 1 fully saturated rings. The van der Waals surface area contributed by atoms with E-state index >= 15 is 0 Å². The molecule has 1 heterocycles. The van der Waals surface area contributed by atoms with Crippen molar-refractivity contribution in [2.45, 2.75) is 12.8 Å². The summed E-state index contributed by atoms with van der Waals surface area (Å²) in [6.07, 6.45) is 1.74. The van der Waals surface area contributed by atoms with Gasteiger partial charge in [-0.05, 0) is 43.0 Å². The van der Waals surface area contributed by atoms with Crippen LogP contribution in [0.15, 0.2) is 54.6 Å². The molecule has 0 spiro atoms. The number of likely N-dealkylation sites (tertiary alicyclic amines) is 1. The Morgan fingerprint density at radius 3 is 2.39 bits per heavy atom. The number of hydrogen-bond acceptors (Lipinski definition) is 3. The molecule has 0 bridgehead atoms. The Labute approximate surface area is 136 Å². The van der Waals surface area contributed by atoms with E-state index < -0.39 is 0 Å². The van der Waals surface area contributed by atoms with E-state index in [1.54, 1.807) is 0 Å². The maximum Gasteiger partial charge on any atom is 0.255 e. The summed E-state index contributed by atoms with van der Waals surface area (Å²) < 4.78 is 0. The molecular weight excluding hydrogens is 288 g/mol. The second kappa shape index (κ2) is 7.29. The van der Waals surface area contributed by atoms with Crippen LogP contribution in [0.1, 0.15) is 23.2 Å². The third kappa shape index (κ3) is 3.71. The summed E-state index contributed by atoms with van der Waals surface area (Å²) in [4.78, 5) is 14.7. The van der Waals surface area contributed by atoms with E-state index in [-0.39, 0.29) is 12.5 Å². The summed E-state index contributed by atoms with van der Waals surface area (Å²) in [5.74, 6) is 0.386. The molecule has 2 N–H and O–H groups in total. The first kappa shape index (κ1) is 15.6. The van der Waals surface area contributed by atoms with E-state index in [4.69, 9.17) is 0 Å². The van der Waals surface area contributed by atoms with Crippen molar-refractivity contribution in [2.75, 3.05) is 25.0 Å². The predicted molar refractivity (Wildman–Crippen MR) is 91.9 cm³/mol. The van der Waals surface area contributed by atoms with Gasteiger partial charge in [0.2, 0.25) is 0 Å². The standard InChI is InChI=1S/C19H22N2O2/c22-14-15-10-12-21(13-11-15)19(23)17-8-4-5-9-18(17)20-16-6-2-1-3-7-16/h1-9,15,20,22H,10-14H2. The molecule has 1 amide bonds. The van der Waals surface area contributed by atoms with Gasteiger partial charge in [-0.3, -0.25) is 4.79 Å². The van der Waals surface area contributed by atoms with Crippen LogP contribution in [-0.2, 0) is 0 Å². The van der Waals surface area contributed by atoms with Gasteiger partial charge in [-0.2, -0.15) is 0 Å². The summed E-state index contributed by atoms with van der Waals surface area (Å²) in [6.45, 7) is 1.64. The largest absolute Gasteiger partial charge is 0.396 e. The molecular formula is C19H22N2O2. The monoisotopic (exact) mass is 310 g/mol. The maximum absolute atomic E-state index is 12.8. The third-order valence-corrected chi connectivity index (χ3v) is 4.37. The highest BCUT2D eigenvalue weighted by Gasteiger charge is 2.24.